The van der Waals surface area contributed by atoms with Crippen LogP contribution in [-0.2, 0) is 0 Å². The van der Waals surface area contributed by atoms with Crippen LogP contribution >= 0.6 is 0 Å². The number of aromatic hydroxyl groups is 2. The van der Waals surface area contributed by atoms with Crippen LogP contribution in [0.1, 0.15) is 0 Å². The molecule has 114 valence electrons. The predicted molar refractivity (Wildman–Crippen MR) is 64.5 cm³/mol. The highest BCUT2D eigenvalue weighted by Crippen LogP contribution is 2.40. The van der Waals surface area contributed by atoms with Gasteiger partial charge in [-0.15, -0.1) is 0 Å². The van der Waals surface area contributed by atoms with Crippen LogP contribution in [0.25, 0.3) is 21.5 Å². The number of phenolic OH excluding ortho intramolecular Hbond substituents is 2. The Kier molecular flexibility index (Phi) is 2.88. The van der Waals surface area contributed by atoms with Gasteiger partial charge in [0.2, 0.25) is 11.6 Å². The quantitative estimate of drug-likeness (QED) is 0.370. The zero-order valence-corrected chi connectivity index (χ0v) is 10.3. The molecule has 0 bridgehead atoms. The minimum absolute atomic E-state index is 0.541. The van der Waals surface area contributed by atoms with E-state index in [0.29, 0.717) is 12.1 Å². The van der Waals surface area contributed by atoms with Gasteiger partial charge in [0.05, 0.1) is 0 Å². The summed E-state index contributed by atoms with van der Waals surface area (Å²) in [6.45, 7) is 0. The topological polar surface area (TPSA) is 40.5 Å². The lowest BCUT2D eigenvalue weighted by Crippen LogP contribution is -1.97. The Morgan fingerprint density at radius 2 is 0.773 bits per heavy atom. The zero-order chi connectivity index (χ0) is 16.3. The molecule has 2 nitrogen and oxygen atoms in total. The maximum atomic E-state index is 13.7. The van der Waals surface area contributed by atoms with Crippen molar-refractivity contribution >= 4 is 21.5 Å². The Balaban J connectivity index is 2.64. The molecule has 3 rings (SSSR count). The predicted octanol–water partition coefficient (Wildman–Crippen LogP) is 4.24. The van der Waals surface area contributed by atoms with E-state index in [0.717, 1.165) is 0 Å². The van der Waals surface area contributed by atoms with E-state index in [1.165, 1.54) is 0 Å². The summed E-state index contributed by atoms with van der Waals surface area (Å²) in [5.41, 5.74) is 0. The van der Waals surface area contributed by atoms with Crippen LogP contribution in [0.4, 0.5) is 26.3 Å². The minimum Gasteiger partial charge on any atom is -0.504 e. The molecule has 0 atom stereocenters. The van der Waals surface area contributed by atoms with Gasteiger partial charge in [0.25, 0.3) is 0 Å². The fourth-order valence-corrected chi connectivity index (χ4v) is 2.23. The molecule has 0 heterocycles. The number of hydrogen-bond acceptors (Lipinski definition) is 2. The van der Waals surface area contributed by atoms with Gasteiger partial charge in [0.15, 0.2) is 34.8 Å². The van der Waals surface area contributed by atoms with Gasteiger partial charge in [-0.25, -0.2) is 17.6 Å². The van der Waals surface area contributed by atoms with E-state index >= 15 is 0 Å². The first-order valence-electron chi connectivity index (χ1n) is 5.74. The fraction of sp³-hybridized carbons (Fsp3) is 0. The van der Waals surface area contributed by atoms with Gasteiger partial charge in [-0.3, -0.25) is 0 Å². The lowest BCUT2D eigenvalue weighted by molar-refractivity contribution is 0.393. The van der Waals surface area contributed by atoms with Crippen molar-refractivity contribution in [2.45, 2.75) is 0 Å². The van der Waals surface area contributed by atoms with Gasteiger partial charge in [-0.05, 0) is 12.1 Å². The first-order chi connectivity index (χ1) is 10.3. The molecule has 0 saturated carbocycles. The van der Waals surface area contributed by atoms with Crippen LogP contribution in [0.3, 0.4) is 0 Å². The largest absolute Gasteiger partial charge is 0.504 e. The van der Waals surface area contributed by atoms with Crippen molar-refractivity contribution in [1.82, 2.24) is 0 Å². The van der Waals surface area contributed by atoms with Crippen LogP contribution < -0.4 is 0 Å². The van der Waals surface area contributed by atoms with Crippen molar-refractivity contribution in [3.8, 4) is 11.5 Å². The molecule has 0 unspecified atom stereocenters. The van der Waals surface area contributed by atoms with E-state index < -0.39 is 67.9 Å². The number of halogens is 6. The van der Waals surface area contributed by atoms with Gasteiger partial charge < -0.3 is 10.2 Å². The van der Waals surface area contributed by atoms with Crippen LogP contribution in [0.15, 0.2) is 12.1 Å². The molecule has 8 heteroatoms. The molecule has 0 amide bonds. The average molecular weight is 318 g/mol. The Labute approximate surface area is 117 Å². The van der Waals surface area contributed by atoms with Crippen molar-refractivity contribution in [3.63, 3.8) is 0 Å². The molecule has 0 fully saturated rings. The third-order valence-electron chi connectivity index (χ3n) is 3.33. The maximum Gasteiger partial charge on any atom is 0.204 e. The lowest BCUT2D eigenvalue weighted by Gasteiger charge is -2.10. The number of fused-ring (bicyclic) bond motifs is 2. The highest BCUT2D eigenvalue weighted by molar-refractivity contribution is 6.03. The SMILES string of the molecule is Oc1c(F)c(F)c(F)c2cc3c(F)c(F)c(F)c(O)c3cc12. The van der Waals surface area contributed by atoms with Crippen molar-refractivity contribution in [2.24, 2.45) is 0 Å². The maximum absolute atomic E-state index is 13.7. The van der Waals surface area contributed by atoms with E-state index in [1.54, 1.807) is 0 Å². The second-order valence-corrected chi connectivity index (χ2v) is 4.52. The van der Waals surface area contributed by atoms with Crippen molar-refractivity contribution in [2.75, 3.05) is 0 Å². The summed E-state index contributed by atoms with van der Waals surface area (Å²) in [6, 6.07) is 1.17. The summed E-state index contributed by atoms with van der Waals surface area (Å²) in [4.78, 5) is 0. The summed E-state index contributed by atoms with van der Waals surface area (Å²) in [7, 11) is 0. The van der Waals surface area contributed by atoms with E-state index in [1.807, 2.05) is 0 Å². The van der Waals surface area contributed by atoms with Crippen LogP contribution in [0.2, 0.25) is 0 Å². The van der Waals surface area contributed by atoms with Gasteiger partial charge in [-0.1, -0.05) is 0 Å². The summed E-state index contributed by atoms with van der Waals surface area (Å²) in [6.07, 6.45) is 0. The summed E-state index contributed by atoms with van der Waals surface area (Å²) >= 11 is 0. The van der Waals surface area contributed by atoms with Crippen LogP contribution in [-0.4, -0.2) is 10.2 Å². The van der Waals surface area contributed by atoms with Gasteiger partial charge >= 0.3 is 0 Å². The second-order valence-electron chi connectivity index (χ2n) is 4.52. The standard InChI is InChI=1S/C14H4F6O2/c15-7-3-1-4-6(14(22)12(20)10(18)8(4)16)2-5(3)13(21)11(19)9(7)17/h1-2,21-22H. The van der Waals surface area contributed by atoms with Gasteiger partial charge in [0, 0.05) is 21.5 Å². The molecule has 0 aromatic heterocycles. The molecule has 0 aliphatic rings. The number of hydrogen-bond donors (Lipinski definition) is 2. The van der Waals surface area contributed by atoms with Gasteiger partial charge in [-0.2, -0.15) is 8.78 Å². The molecule has 0 aliphatic carbocycles. The summed E-state index contributed by atoms with van der Waals surface area (Å²) in [5.74, 6) is -13.9. The molecule has 3 aromatic carbocycles. The first kappa shape index (κ1) is 14.3. The third-order valence-corrected chi connectivity index (χ3v) is 3.33. The number of phenols is 2. The second kappa shape index (κ2) is 4.43. The normalized spacial score (nSPS) is 11.5. The van der Waals surface area contributed by atoms with E-state index in [-0.39, 0.29) is 0 Å². The fourth-order valence-electron chi connectivity index (χ4n) is 2.23. The molecular formula is C14H4F6O2. The van der Waals surface area contributed by atoms with Crippen LogP contribution in [0.5, 0.6) is 11.5 Å². The Bertz CT molecular complexity index is 815. The molecule has 0 spiro atoms. The van der Waals surface area contributed by atoms with Crippen molar-refractivity contribution in [1.29, 1.82) is 0 Å². The molecular weight excluding hydrogens is 314 g/mol. The molecule has 0 radical (unpaired) electrons. The minimum atomic E-state index is -2.00. The number of rotatable bonds is 0. The average Bonchev–Trinajstić information content (AvgIpc) is 2.52. The van der Waals surface area contributed by atoms with E-state index in [9.17, 15) is 36.6 Å². The molecule has 3 aromatic rings. The molecule has 0 saturated heterocycles. The number of benzene rings is 3. The first-order valence-corrected chi connectivity index (χ1v) is 5.74. The Morgan fingerprint density at radius 1 is 0.455 bits per heavy atom. The summed E-state index contributed by atoms with van der Waals surface area (Å²) < 4.78 is 80.5. The smallest absolute Gasteiger partial charge is 0.204 e. The third kappa shape index (κ3) is 1.63. The summed E-state index contributed by atoms with van der Waals surface area (Å²) in [5, 5.41) is 16.2. The lowest BCUT2D eigenvalue weighted by atomic mass is 10.0. The van der Waals surface area contributed by atoms with Crippen LogP contribution in [0, 0.1) is 34.9 Å². The van der Waals surface area contributed by atoms with Gasteiger partial charge in [0.1, 0.15) is 0 Å². The monoisotopic (exact) mass is 318 g/mol. The zero-order valence-electron chi connectivity index (χ0n) is 10.3. The Morgan fingerprint density at radius 3 is 1.14 bits per heavy atom. The molecule has 0 aliphatic heterocycles. The van der Waals surface area contributed by atoms with Crippen molar-refractivity contribution < 1.29 is 36.6 Å². The highest BCUT2D eigenvalue weighted by atomic mass is 19.2. The highest BCUT2D eigenvalue weighted by Gasteiger charge is 2.24. The van der Waals surface area contributed by atoms with E-state index in [4.69, 9.17) is 0 Å². The molecule has 22 heavy (non-hydrogen) atoms. The molecule has 2 N–H and O–H groups in total. The van der Waals surface area contributed by atoms with Crippen molar-refractivity contribution in [3.05, 3.63) is 47.0 Å². The van der Waals surface area contributed by atoms with E-state index in [2.05, 4.69) is 0 Å². The Hall–Kier alpha value is -2.64.